The summed E-state index contributed by atoms with van der Waals surface area (Å²) in [5.74, 6) is 0.991. The Morgan fingerprint density at radius 3 is 2.77 bits per heavy atom. The molecule has 1 aromatic carbocycles. The summed E-state index contributed by atoms with van der Waals surface area (Å²) in [6.45, 7) is 2.92. The first-order valence-corrected chi connectivity index (χ1v) is 8.67. The summed E-state index contributed by atoms with van der Waals surface area (Å²) < 4.78 is 0. The van der Waals surface area contributed by atoms with E-state index in [4.69, 9.17) is 0 Å². The second-order valence-corrected chi connectivity index (χ2v) is 7.04. The van der Waals surface area contributed by atoms with Gasteiger partial charge >= 0.3 is 0 Å². The maximum atomic E-state index is 4.50. The smallest absolute Gasteiger partial charge is 0.138 e. The Balaban J connectivity index is 1.66. The van der Waals surface area contributed by atoms with E-state index in [1.54, 1.807) is 6.33 Å². The molecule has 1 aliphatic carbocycles. The van der Waals surface area contributed by atoms with Crippen LogP contribution in [0, 0.1) is 6.92 Å². The number of nitrogens with zero attached hydrogens (tertiary/aromatic N) is 2. The highest BCUT2D eigenvalue weighted by molar-refractivity contribution is 7.19. The Hall–Kier alpha value is -1.94. The summed E-state index contributed by atoms with van der Waals surface area (Å²) in [5.41, 5.74) is 4.06. The fraction of sp³-hybridized carbons (Fsp3) is 0.333. The number of rotatable bonds is 3. The molecule has 0 spiro atoms. The number of benzene rings is 1. The van der Waals surface area contributed by atoms with Crippen LogP contribution in [0.5, 0.6) is 0 Å². The van der Waals surface area contributed by atoms with E-state index in [1.165, 1.54) is 52.6 Å². The predicted molar refractivity (Wildman–Crippen MR) is 92.6 cm³/mol. The van der Waals surface area contributed by atoms with Crippen molar-refractivity contribution >= 4 is 27.4 Å². The van der Waals surface area contributed by atoms with Crippen LogP contribution in [0.25, 0.3) is 10.2 Å². The van der Waals surface area contributed by atoms with Crippen molar-refractivity contribution in [1.82, 2.24) is 9.97 Å². The summed E-state index contributed by atoms with van der Waals surface area (Å²) in [6.07, 6.45) is 6.64. The van der Waals surface area contributed by atoms with Crippen LogP contribution in [0.1, 0.15) is 34.4 Å². The van der Waals surface area contributed by atoms with E-state index in [0.717, 1.165) is 17.2 Å². The van der Waals surface area contributed by atoms with Crippen molar-refractivity contribution in [2.75, 3.05) is 5.32 Å². The molecule has 4 heteroatoms. The molecule has 3 aromatic rings. The Kier molecular flexibility index (Phi) is 3.54. The number of hydrogen-bond acceptors (Lipinski definition) is 4. The highest BCUT2D eigenvalue weighted by Crippen LogP contribution is 2.38. The Bertz CT molecular complexity index is 805. The minimum absolute atomic E-state index is 0.803. The first kappa shape index (κ1) is 13.7. The quantitative estimate of drug-likeness (QED) is 0.774. The lowest BCUT2D eigenvalue weighted by molar-refractivity contribution is 0.700. The second kappa shape index (κ2) is 5.69. The van der Waals surface area contributed by atoms with Gasteiger partial charge in [0.15, 0.2) is 0 Å². The third kappa shape index (κ3) is 2.48. The van der Waals surface area contributed by atoms with Crippen LogP contribution >= 0.6 is 11.3 Å². The van der Waals surface area contributed by atoms with E-state index in [-0.39, 0.29) is 0 Å². The second-order valence-electron chi connectivity index (χ2n) is 5.95. The Morgan fingerprint density at radius 2 is 1.91 bits per heavy atom. The van der Waals surface area contributed by atoms with E-state index in [2.05, 4.69) is 46.5 Å². The van der Waals surface area contributed by atoms with Crippen LogP contribution in [0.15, 0.2) is 30.6 Å². The summed E-state index contributed by atoms with van der Waals surface area (Å²) in [5, 5.41) is 4.77. The Morgan fingerprint density at radius 1 is 1.09 bits per heavy atom. The molecule has 4 rings (SSSR count). The zero-order chi connectivity index (χ0) is 14.9. The van der Waals surface area contributed by atoms with E-state index < -0.39 is 0 Å². The minimum Gasteiger partial charge on any atom is -0.365 e. The monoisotopic (exact) mass is 309 g/mol. The lowest BCUT2D eigenvalue weighted by Gasteiger charge is -2.12. The van der Waals surface area contributed by atoms with Crippen LogP contribution in [-0.2, 0) is 19.4 Å². The maximum absolute atomic E-state index is 4.50. The van der Waals surface area contributed by atoms with Crippen molar-refractivity contribution in [1.29, 1.82) is 0 Å². The molecule has 0 saturated heterocycles. The van der Waals surface area contributed by atoms with Crippen LogP contribution in [-0.4, -0.2) is 9.97 Å². The summed E-state index contributed by atoms with van der Waals surface area (Å²) in [6, 6.07) is 8.64. The fourth-order valence-electron chi connectivity index (χ4n) is 3.12. The lowest BCUT2D eigenvalue weighted by atomic mass is 9.97. The van der Waals surface area contributed by atoms with Gasteiger partial charge in [0.25, 0.3) is 0 Å². The van der Waals surface area contributed by atoms with Crippen molar-refractivity contribution in [3.8, 4) is 0 Å². The molecular weight excluding hydrogens is 290 g/mol. The van der Waals surface area contributed by atoms with Crippen molar-refractivity contribution in [3.05, 3.63) is 52.2 Å². The standard InChI is InChI=1S/C18H19N3S/c1-12-6-8-13(9-7-12)10-19-17-16-14-4-2-3-5-15(14)22-18(16)21-11-20-17/h6-9,11H,2-5,10H2,1H3,(H,19,20,21). The molecule has 2 aromatic heterocycles. The summed E-state index contributed by atoms with van der Waals surface area (Å²) in [7, 11) is 0. The van der Waals surface area contributed by atoms with E-state index >= 15 is 0 Å². The van der Waals surface area contributed by atoms with Crippen molar-refractivity contribution < 1.29 is 0 Å². The molecule has 1 aliphatic rings. The average molecular weight is 309 g/mol. The van der Waals surface area contributed by atoms with Gasteiger partial charge in [0.1, 0.15) is 17.0 Å². The van der Waals surface area contributed by atoms with Gasteiger partial charge in [0.05, 0.1) is 5.39 Å². The molecule has 112 valence electrons. The number of thiophene rings is 1. The first-order valence-electron chi connectivity index (χ1n) is 7.86. The number of aryl methyl sites for hydroxylation is 3. The first-order chi connectivity index (χ1) is 10.8. The minimum atomic E-state index is 0.803. The van der Waals surface area contributed by atoms with Crippen LogP contribution < -0.4 is 5.32 Å². The SMILES string of the molecule is Cc1ccc(CNc2ncnc3sc4c(c23)CCCC4)cc1. The van der Waals surface area contributed by atoms with Gasteiger partial charge < -0.3 is 5.32 Å². The molecule has 0 unspecified atom stereocenters. The third-order valence-electron chi connectivity index (χ3n) is 4.33. The van der Waals surface area contributed by atoms with E-state index in [1.807, 2.05) is 11.3 Å². The molecule has 0 bridgehead atoms. The van der Waals surface area contributed by atoms with Crippen molar-refractivity contribution in [2.24, 2.45) is 0 Å². The topological polar surface area (TPSA) is 37.8 Å². The number of hydrogen-bond donors (Lipinski definition) is 1. The van der Waals surface area contributed by atoms with Gasteiger partial charge in [-0.25, -0.2) is 9.97 Å². The zero-order valence-corrected chi connectivity index (χ0v) is 13.5. The van der Waals surface area contributed by atoms with Crippen LogP contribution in [0.3, 0.4) is 0 Å². The van der Waals surface area contributed by atoms with E-state index in [9.17, 15) is 0 Å². The normalized spacial score (nSPS) is 14.0. The van der Waals surface area contributed by atoms with Crippen molar-refractivity contribution in [3.63, 3.8) is 0 Å². The molecule has 0 radical (unpaired) electrons. The molecule has 0 atom stereocenters. The van der Waals surface area contributed by atoms with Gasteiger partial charge in [0.2, 0.25) is 0 Å². The molecule has 0 fully saturated rings. The zero-order valence-electron chi connectivity index (χ0n) is 12.7. The number of fused-ring (bicyclic) bond motifs is 3. The van der Waals surface area contributed by atoms with Gasteiger partial charge in [-0.05, 0) is 43.7 Å². The van der Waals surface area contributed by atoms with Gasteiger partial charge in [-0.1, -0.05) is 29.8 Å². The van der Waals surface area contributed by atoms with E-state index in [0.29, 0.717) is 0 Å². The van der Waals surface area contributed by atoms with Gasteiger partial charge in [-0.2, -0.15) is 0 Å². The largest absolute Gasteiger partial charge is 0.365 e. The maximum Gasteiger partial charge on any atom is 0.138 e. The molecule has 0 aliphatic heterocycles. The number of aromatic nitrogens is 2. The highest BCUT2D eigenvalue weighted by Gasteiger charge is 2.19. The van der Waals surface area contributed by atoms with Gasteiger partial charge in [-0.3, -0.25) is 0 Å². The lowest BCUT2D eigenvalue weighted by Crippen LogP contribution is -2.04. The fourth-order valence-corrected chi connectivity index (χ4v) is 4.34. The molecular formula is C18H19N3S. The molecule has 1 N–H and O–H groups in total. The van der Waals surface area contributed by atoms with Crippen LogP contribution in [0.4, 0.5) is 5.82 Å². The molecule has 2 heterocycles. The molecule has 0 amide bonds. The third-order valence-corrected chi connectivity index (χ3v) is 5.53. The van der Waals surface area contributed by atoms with Gasteiger partial charge in [-0.15, -0.1) is 11.3 Å². The Labute approximate surface area is 134 Å². The average Bonchev–Trinajstić information content (AvgIpc) is 2.93. The molecule has 3 nitrogen and oxygen atoms in total. The number of anilines is 1. The van der Waals surface area contributed by atoms with Crippen LogP contribution in [0.2, 0.25) is 0 Å². The van der Waals surface area contributed by atoms with Crippen molar-refractivity contribution in [2.45, 2.75) is 39.2 Å². The number of nitrogens with one attached hydrogen (secondary N) is 1. The molecule has 22 heavy (non-hydrogen) atoms. The highest BCUT2D eigenvalue weighted by atomic mass is 32.1. The predicted octanol–water partition coefficient (Wildman–Crippen LogP) is 4.49. The molecule has 0 saturated carbocycles. The van der Waals surface area contributed by atoms with Gasteiger partial charge in [0, 0.05) is 11.4 Å². The summed E-state index contributed by atoms with van der Waals surface area (Å²) >= 11 is 1.85. The summed E-state index contributed by atoms with van der Waals surface area (Å²) in [4.78, 5) is 11.6.